The molecule has 0 spiro atoms. The van der Waals surface area contributed by atoms with Gasteiger partial charge in [-0.25, -0.2) is 19.9 Å². The first kappa shape index (κ1) is 87.1. The summed E-state index contributed by atoms with van der Waals surface area (Å²) in [6, 6.07) is 22.3. The van der Waals surface area contributed by atoms with Crippen molar-refractivity contribution in [2.75, 3.05) is 168 Å². The van der Waals surface area contributed by atoms with Crippen LogP contribution in [0.15, 0.2) is 97.3 Å². The summed E-state index contributed by atoms with van der Waals surface area (Å²) in [6.45, 7) is 18.1. The molecule has 0 radical (unpaired) electrons. The number of nitrogens with one attached hydrogen (secondary N) is 1. The number of phenolic OH excluding ortho intramolecular Hbond substituents is 1. The van der Waals surface area contributed by atoms with Crippen molar-refractivity contribution in [3.05, 3.63) is 150 Å². The number of benzene rings is 4. The number of aryl methyl sites for hydroxylation is 1. The van der Waals surface area contributed by atoms with Gasteiger partial charge in [-0.3, -0.25) is 30.3 Å². The van der Waals surface area contributed by atoms with Gasteiger partial charge in [0.15, 0.2) is 46.0 Å². The van der Waals surface area contributed by atoms with E-state index in [2.05, 4.69) is 111 Å². The van der Waals surface area contributed by atoms with E-state index in [0.29, 0.717) is 72.9 Å². The van der Waals surface area contributed by atoms with E-state index in [0.717, 1.165) is 124 Å². The highest BCUT2D eigenvalue weighted by Crippen LogP contribution is 2.35. The van der Waals surface area contributed by atoms with Gasteiger partial charge < -0.3 is 73.2 Å². The Kier molecular flexibility index (Phi) is 39.7. The minimum absolute atomic E-state index is 0.0153. The number of aromatic nitrogens is 4. The Hall–Kier alpha value is -8.51. The summed E-state index contributed by atoms with van der Waals surface area (Å²) < 4.78 is 38.2. The topological polar surface area (TPSA) is 314 Å². The third kappa shape index (κ3) is 32.4. The van der Waals surface area contributed by atoms with Crippen LogP contribution < -0.4 is 38.5 Å². The quantitative estimate of drug-likeness (QED) is 0.0323. The van der Waals surface area contributed by atoms with Crippen molar-refractivity contribution in [2.24, 2.45) is 29.6 Å². The van der Waals surface area contributed by atoms with Gasteiger partial charge in [-0.2, -0.15) is 0 Å². The van der Waals surface area contributed by atoms with Crippen molar-refractivity contribution in [1.82, 2.24) is 44.4 Å². The molecule has 0 saturated carbocycles. The van der Waals surface area contributed by atoms with E-state index in [1.807, 2.05) is 18.3 Å². The highest BCUT2D eigenvalue weighted by molar-refractivity contribution is 6.28. The summed E-state index contributed by atoms with van der Waals surface area (Å²) in [7, 11) is 18.6. The standard InChI is InChI=1S/C21H29N3O2.2C14H20N2O4.C8H17N.C7H7NO4.C7H15NO.C5H6ClN3/c1-4-18-9-10-22-21(23-18)13-16-7-8-19(25-3)20(12-16)26-15-17-6-5-11-24(2)14-17;2*1-15-7-3-4-11(9-15)10-20-14-8-12(16(17)18)5-6-13(14)19-2;1-3-8-5-4-6-9(2)7-8;1-12-7-3-2-5(8(10)11)4-6(7)9;1-8-4-2-3-7(5-8)6-9;1-7-4-2-3-8-5(6)9-4/h7-10,12,17H,4-6,11,13-15H2,1-3H3;2*5-6,8,11H,3-4,7,9-10H2,1-2H3;8H,3-7H2,1-2H3;2-4,9H,1H3;7,9H,2-6H2,1H3;2-3H,1H3,(H,7,8,9). The lowest BCUT2D eigenvalue weighted by Gasteiger charge is -2.29. The molecule has 2 aromatic heterocycles. The molecule has 29 heteroatoms. The fraction of sp³-hybridized carbons (Fsp3) is 0.579. The monoisotopic (exact) mass is 1480 g/mol. The van der Waals surface area contributed by atoms with E-state index >= 15 is 0 Å². The largest absolute Gasteiger partial charge is 0.504 e. The van der Waals surface area contributed by atoms with Crippen LogP contribution in [0.3, 0.4) is 0 Å². The maximum Gasteiger partial charge on any atom is 0.273 e. The molecule has 105 heavy (non-hydrogen) atoms. The number of aliphatic hydroxyl groups is 1. The van der Waals surface area contributed by atoms with E-state index in [4.69, 9.17) is 55.0 Å². The number of anilines is 1. The smallest absolute Gasteiger partial charge is 0.273 e. The normalized spacial score (nSPS) is 19.0. The molecule has 5 aliphatic heterocycles. The van der Waals surface area contributed by atoms with Gasteiger partial charge in [0.05, 0.1) is 81.2 Å². The minimum atomic E-state index is -0.584. The number of halogens is 1. The van der Waals surface area contributed by atoms with Gasteiger partial charge in [0.25, 0.3) is 17.1 Å². The second-order valence-electron chi connectivity index (χ2n) is 27.1. The highest BCUT2D eigenvalue weighted by atomic mass is 35.5. The third-order valence-electron chi connectivity index (χ3n) is 18.6. The molecule has 3 N–H and O–H groups in total. The van der Waals surface area contributed by atoms with E-state index < -0.39 is 14.8 Å². The van der Waals surface area contributed by atoms with Crippen molar-refractivity contribution in [2.45, 2.75) is 97.3 Å². The molecule has 0 aliphatic carbocycles. The Morgan fingerprint density at radius 3 is 1.23 bits per heavy atom. The van der Waals surface area contributed by atoms with Crippen molar-refractivity contribution >= 4 is 34.5 Å². The predicted molar refractivity (Wildman–Crippen MR) is 409 cm³/mol. The van der Waals surface area contributed by atoms with Crippen LogP contribution in [-0.2, 0) is 12.8 Å². The van der Waals surface area contributed by atoms with Crippen LogP contribution >= 0.6 is 11.6 Å². The van der Waals surface area contributed by atoms with Crippen molar-refractivity contribution in [1.29, 1.82) is 0 Å². The number of likely N-dealkylation sites (tertiary alicyclic amines) is 5. The molecule has 11 rings (SSSR count). The number of hydrogen-bond donors (Lipinski definition) is 3. The molecular weight excluding hydrogens is 1370 g/mol. The first-order chi connectivity index (χ1) is 50.5. The lowest BCUT2D eigenvalue weighted by atomic mass is 9.96. The number of rotatable bonds is 22. The van der Waals surface area contributed by atoms with Gasteiger partial charge in [0, 0.05) is 107 Å². The molecule has 7 heterocycles. The van der Waals surface area contributed by atoms with E-state index in [9.17, 15) is 30.3 Å². The van der Waals surface area contributed by atoms with Crippen molar-refractivity contribution in [3.63, 3.8) is 0 Å². The van der Waals surface area contributed by atoms with E-state index in [-0.39, 0.29) is 33.8 Å². The number of nitro groups is 3. The maximum atomic E-state index is 10.8. The van der Waals surface area contributed by atoms with Crippen LogP contribution in [0.25, 0.3) is 0 Å². The van der Waals surface area contributed by atoms with Gasteiger partial charge in [-0.05, 0) is 210 Å². The van der Waals surface area contributed by atoms with Crippen molar-refractivity contribution < 1.29 is 58.1 Å². The Morgan fingerprint density at radius 1 is 0.495 bits per heavy atom. The van der Waals surface area contributed by atoms with Gasteiger partial charge in [-0.15, -0.1) is 0 Å². The first-order valence-corrected chi connectivity index (χ1v) is 36.6. The summed E-state index contributed by atoms with van der Waals surface area (Å²) in [6.07, 6.45) is 18.8. The number of nitrogens with zero attached hydrogens (tertiary/aromatic N) is 12. The number of aromatic hydroxyl groups is 1. The molecule has 580 valence electrons. The SMILES string of the molecule is CCC1CCCN(C)C1.CCc1ccnc(Cc2ccc(OC)c(OCC3CCCN(C)C3)c2)n1.CN1CCCC(CO)C1.CNc1ccnc(Cl)n1.COc1ccc([N+](=O)[O-])cc1O.COc1ccc([N+](=O)[O-])cc1OCC1CCCN(C)C1.COc1ccc([N+](=O)[O-])cc1OCC1CCCN(C)C1. The third-order valence-corrected chi connectivity index (χ3v) is 18.7. The van der Waals surface area contributed by atoms with Crippen molar-refractivity contribution in [3.8, 4) is 46.0 Å². The fourth-order valence-electron chi connectivity index (χ4n) is 12.8. The van der Waals surface area contributed by atoms with Gasteiger partial charge in [0.2, 0.25) is 5.28 Å². The summed E-state index contributed by atoms with van der Waals surface area (Å²) in [5.74, 6) is 8.11. The number of methoxy groups -OCH3 is 4. The van der Waals surface area contributed by atoms with Crippen LogP contribution in [0, 0.1) is 59.9 Å². The molecule has 0 amide bonds. The number of aliphatic hydroxyl groups excluding tert-OH is 1. The lowest BCUT2D eigenvalue weighted by Crippen LogP contribution is -2.34. The second kappa shape index (κ2) is 47.8. The zero-order valence-electron chi connectivity index (χ0n) is 63.7. The molecule has 5 fully saturated rings. The molecule has 0 bridgehead atoms. The molecule has 28 nitrogen and oxygen atoms in total. The van der Waals surface area contributed by atoms with E-state index in [1.54, 1.807) is 38.6 Å². The molecule has 5 aliphatic rings. The molecular formula is C76H114ClN13O15. The molecule has 5 atom stereocenters. The van der Waals surface area contributed by atoms with Gasteiger partial charge in [0.1, 0.15) is 11.6 Å². The Morgan fingerprint density at radius 2 is 0.876 bits per heavy atom. The van der Waals surface area contributed by atoms with Crippen LogP contribution in [0.4, 0.5) is 22.9 Å². The van der Waals surface area contributed by atoms with Crippen LogP contribution in [0.1, 0.15) is 102 Å². The number of ether oxygens (including phenoxy) is 7. The summed E-state index contributed by atoms with van der Waals surface area (Å²) in [5.41, 5.74) is 2.08. The number of non-ortho nitro benzene ring substituents is 3. The average molecular weight is 1490 g/mol. The zero-order chi connectivity index (χ0) is 76.6. The number of nitro benzene ring substituents is 3. The molecule has 5 saturated heterocycles. The summed E-state index contributed by atoms with van der Waals surface area (Å²) in [4.78, 5) is 58.6. The number of piperidine rings is 5. The average Bonchev–Trinajstić information content (AvgIpc) is 0.859. The highest BCUT2D eigenvalue weighted by Gasteiger charge is 2.24. The summed E-state index contributed by atoms with van der Waals surface area (Å²) in [5, 5.41) is 52.8. The number of phenols is 1. The molecule has 4 aromatic carbocycles. The van der Waals surface area contributed by atoms with Crippen LogP contribution in [-0.4, -0.2) is 232 Å². The van der Waals surface area contributed by atoms with Gasteiger partial charge in [-0.1, -0.05) is 26.3 Å². The fourth-order valence-corrected chi connectivity index (χ4v) is 12.9. The van der Waals surface area contributed by atoms with Crippen LogP contribution in [0.2, 0.25) is 5.28 Å². The second-order valence-corrected chi connectivity index (χ2v) is 27.5. The minimum Gasteiger partial charge on any atom is -0.504 e. The van der Waals surface area contributed by atoms with Crippen LogP contribution in [0.5, 0.6) is 46.0 Å². The Labute approximate surface area is 625 Å². The first-order valence-electron chi connectivity index (χ1n) is 36.2. The lowest BCUT2D eigenvalue weighted by molar-refractivity contribution is -0.385. The zero-order valence-corrected chi connectivity index (χ0v) is 64.4. The number of hydrogen-bond acceptors (Lipinski definition) is 25. The predicted octanol–water partition coefficient (Wildman–Crippen LogP) is 12.5. The summed E-state index contributed by atoms with van der Waals surface area (Å²) >= 11 is 5.46. The molecule has 5 unspecified atom stereocenters. The maximum absolute atomic E-state index is 10.8. The van der Waals surface area contributed by atoms with Gasteiger partial charge >= 0.3 is 0 Å². The Bertz CT molecular complexity index is 3420. The van der Waals surface area contributed by atoms with E-state index in [1.165, 1.54) is 129 Å². The molecule has 6 aromatic rings. The Balaban J connectivity index is 0.000000229.